The van der Waals surface area contributed by atoms with Crippen LogP contribution in [0.3, 0.4) is 0 Å². The van der Waals surface area contributed by atoms with Crippen LogP contribution in [-0.4, -0.2) is 18.1 Å². The summed E-state index contributed by atoms with van der Waals surface area (Å²) in [5.74, 6) is 0.745. The fraction of sp³-hybridized carbons (Fsp3) is 0.556. The third-order valence-corrected chi connectivity index (χ3v) is 2.39. The molecule has 1 aliphatic heterocycles. The monoisotopic (exact) mass is 150 g/mol. The minimum absolute atomic E-state index is 0.745. The van der Waals surface area contributed by atoms with Crippen molar-refractivity contribution in [2.45, 2.75) is 18.8 Å². The summed E-state index contributed by atoms with van der Waals surface area (Å²) in [5, 5.41) is 3.41. The third-order valence-electron chi connectivity index (χ3n) is 2.39. The van der Waals surface area contributed by atoms with Gasteiger partial charge in [0.15, 0.2) is 0 Å². The van der Waals surface area contributed by atoms with E-state index < -0.39 is 0 Å². The zero-order valence-electron chi connectivity index (χ0n) is 6.64. The molecule has 11 heavy (non-hydrogen) atoms. The molecule has 0 bridgehead atoms. The standard InChI is InChI=1S/C9H14N2/c1-2-8(6-10-4-1)9-3-5-11-7-9/h3,5,7-8,10-11H,1-2,4,6H2. The molecule has 2 nitrogen and oxygen atoms in total. The molecule has 1 atom stereocenters. The first kappa shape index (κ1) is 6.92. The largest absolute Gasteiger partial charge is 0.367 e. The second kappa shape index (κ2) is 3.09. The van der Waals surface area contributed by atoms with Crippen molar-refractivity contribution in [3.05, 3.63) is 24.0 Å². The van der Waals surface area contributed by atoms with Gasteiger partial charge in [0.05, 0.1) is 0 Å². The van der Waals surface area contributed by atoms with E-state index in [1.807, 2.05) is 6.20 Å². The molecule has 2 heteroatoms. The maximum Gasteiger partial charge on any atom is 0.00406 e. The quantitative estimate of drug-likeness (QED) is 0.623. The number of hydrogen-bond donors (Lipinski definition) is 2. The van der Waals surface area contributed by atoms with E-state index in [-0.39, 0.29) is 0 Å². The average Bonchev–Trinajstić information content (AvgIpc) is 2.58. The van der Waals surface area contributed by atoms with Crippen LogP contribution in [0.4, 0.5) is 0 Å². The molecule has 0 aliphatic carbocycles. The lowest BCUT2D eigenvalue weighted by Crippen LogP contribution is -2.28. The van der Waals surface area contributed by atoms with Crippen LogP contribution in [0.2, 0.25) is 0 Å². The molecule has 60 valence electrons. The van der Waals surface area contributed by atoms with Crippen molar-refractivity contribution >= 4 is 0 Å². The highest BCUT2D eigenvalue weighted by atomic mass is 14.9. The van der Waals surface area contributed by atoms with Crippen LogP contribution in [0.5, 0.6) is 0 Å². The second-order valence-electron chi connectivity index (χ2n) is 3.19. The number of piperidine rings is 1. The normalized spacial score (nSPS) is 25.3. The lowest BCUT2D eigenvalue weighted by Gasteiger charge is -2.21. The van der Waals surface area contributed by atoms with E-state index in [0.717, 1.165) is 12.5 Å². The molecule has 1 saturated heterocycles. The van der Waals surface area contributed by atoms with Gasteiger partial charge in [-0.05, 0) is 36.9 Å². The molecule has 0 radical (unpaired) electrons. The molecule has 2 N–H and O–H groups in total. The highest BCUT2D eigenvalue weighted by Crippen LogP contribution is 2.21. The van der Waals surface area contributed by atoms with Gasteiger partial charge in [-0.1, -0.05) is 0 Å². The molecule has 1 aromatic heterocycles. The molecule has 1 aromatic rings. The summed E-state index contributed by atoms with van der Waals surface area (Å²) in [6.07, 6.45) is 6.77. The Morgan fingerprint density at radius 2 is 2.45 bits per heavy atom. The van der Waals surface area contributed by atoms with Crippen molar-refractivity contribution in [2.24, 2.45) is 0 Å². The summed E-state index contributed by atoms with van der Waals surface area (Å²) in [4.78, 5) is 3.10. The minimum Gasteiger partial charge on any atom is -0.367 e. The van der Waals surface area contributed by atoms with E-state index in [1.165, 1.54) is 24.9 Å². The minimum atomic E-state index is 0.745. The third kappa shape index (κ3) is 1.46. The average molecular weight is 150 g/mol. The number of aromatic nitrogens is 1. The van der Waals surface area contributed by atoms with Crippen LogP contribution in [0, 0.1) is 0 Å². The molecule has 0 aromatic carbocycles. The lowest BCUT2D eigenvalue weighted by atomic mass is 9.94. The van der Waals surface area contributed by atoms with Gasteiger partial charge in [0.25, 0.3) is 0 Å². The van der Waals surface area contributed by atoms with E-state index in [9.17, 15) is 0 Å². The van der Waals surface area contributed by atoms with Gasteiger partial charge in [-0.25, -0.2) is 0 Å². The van der Waals surface area contributed by atoms with Crippen molar-refractivity contribution in [2.75, 3.05) is 13.1 Å². The van der Waals surface area contributed by atoms with E-state index in [0.29, 0.717) is 0 Å². The maximum atomic E-state index is 3.41. The Hall–Kier alpha value is -0.760. The zero-order valence-corrected chi connectivity index (χ0v) is 6.64. The van der Waals surface area contributed by atoms with Gasteiger partial charge in [-0.2, -0.15) is 0 Å². The Morgan fingerprint density at radius 1 is 1.45 bits per heavy atom. The SMILES string of the molecule is c1cc(C2CCCNC2)c[nH]1. The van der Waals surface area contributed by atoms with E-state index >= 15 is 0 Å². The van der Waals surface area contributed by atoms with Crippen LogP contribution in [0.25, 0.3) is 0 Å². The Balaban J connectivity index is 2.04. The summed E-state index contributed by atoms with van der Waals surface area (Å²) >= 11 is 0. The number of hydrogen-bond acceptors (Lipinski definition) is 1. The Labute approximate surface area is 67.0 Å². The topological polar surface area (TPSA) is 27.8 Å². The second-order valence-corrected chi connectivity index (χ2v) is 3.19. The predicted octanol–water partition coefficient (Wildman–Crippen LogP) is 1.48. The number of nitrogens with one attached hydrogen (secondary N) is 2. The van der Waals surface area contributed by atoms with Crippen molar-refractivity contribution in [3.63, 3.8) is 0 Å². The van der Waals surface area contributed by atoms with Gasteiger partial charge in [0, 0.05) is 18.9 Å². The van der Waals surface area contributed by atoms with Crippen molar-refractivity contribution in [1.29, 1.82) is 0 Å². The van der Waals surface area contributed by atoms with E-state index in [2.05, 4.69) is 22.6 Å². The predicted molar refractivity (Wildman–Crippen MR) is 45.6 cm³/mol. The Kier molecular flexibility index (Phi) is 1.95. The smallest absolute Gasteiger partial charge is 0.00406 e. The van der Waals surface area contributed by atoms with E-state index in [1.54, 1.807) is 0 Å². The van der Waals surface area contributed by atoms with Crippen LogP contribution in [-0.2, 0) is 0 Å². The Bertz CT molecular complexity index is 197. The number of H-pyrrole nitrogens is 1. The first-order chi connectivity index (χ1) is 5.47. The van der Waals surface area contributed by atoms with Gasteiger partial charge < -0.3 is 10.3 Å². The highest BCUT2D eigenvalue weighted by molar-refractivity contribution is 5.15. The lowest BCUT2D eigenvalue weighted by molar-refractivity contribution is 0.462. The molecule has 0 spiro atoms. The first-order valence-electron chi connectivity index (χ1n) is 4.30. The summed E-state index contributed by atoms with van der Waals surface area (Å²) in [7, 11) is 0. The fourth-order valence-electron chi connectivity index (χ4n) is 1.73. The van der Waals surface area contributed by atoms with Crippen molar-refractivity contribution in [1.82, 2.24) is 10.3 Å². The molecule has 2 rings (SSSR count). The maximum absolute atomic E-state index is 3.41. The summed E-state index contributed by atoms with van der Waals surface area (Å²) < 4.78 is 0. The van der Waals surface area contributed by atoms with Crippen LogP contribution in [0.15, 0.2) is 18.5 Å². The fourth-order valence-corrected chi connectivity index (χ4v) is 1.73. The summed E-state index contributed by atoms with van der Waals surface area (Å²) in [5.41, 5.74) is 1.46. The summed E-state index contributed by atoms with van der Waals surface area (Å²) in [6, 6.07) is 2.18. The van der Waals surface area contributed by atoms with Crippen LogP contribution in [0.1, 0.15) is 24.3 Å². The van der Waals surface area contributed by atoms with Crippen molar-refractivity contribution < 1.29 is 0 Å². The molecule has 1 aliphatic rings. The van der Waals surface area contributed by atoms with Gasteiger partial charge in [-0.3, -0.25) is 0 Å². The van der Waals surface area contributed by atoms with Gasteiger partial charge in [-0.15, -0.1) is 0 Å². The molecular formula is C9H14N2. The zero-order chi connectivity index (χ0) is 7.52. The van der Waals surface area contributed by atoms with Crippen molar-refractivity contribution in [3.8, 4) is 0 Å². The molecule has 0 amide bonds. The number of rotatable bonds is 1. The summed E-state index contributed by atoms with van der Waals surface area (Å²) in [6.45, 7) is 2.35. The van der Waals surface area contributed by atoms with Gasteiger partial charge in [0.1, 0.15) is 0 Å². The van der Waals surface area contributed by atoms with Crippen LogP contribution < -0.4 is 5.32 Å². The van der Waals surface area contributed by atoms with Gasteiger partial charge >= 0.3 is 0 Å². The van der Waals surface area contributed by atoms with E-state index in [4.69, 9.17) is 0 Å². The highest BCUT2D eigenvalue weighted by Gasteiger charge is 2.14. The number of aromatic amines is 1. The van der Waals surface area contributed by atoms with Crippen LogP contribution >= 0.6 is 0 Å². The van der Waals surface area contributed by atoms with Gasteiger partial charge in [0.2, 0.25) is 0 Å². The molecule has 2 heterocycles. The molecule has 1 fully saturated rings. The molecule has 0 saturated carbocycles. The molecular weight excluding hydrogens is 136 g/mol. The first-order valence-corrected chi connectivity index (χ1v) is 4.30. The Morgan fingerprint density at radius 3 is 3.09 bits per heavy atom. The molecule has 1 unspecified atom stereocenters.